The maximum absolute atomic E-state index is 12.5. The molecule has 2 N–H and O–H groups in total. The van der Waals surface area contributed by atoms with Crippen molar-refractivity contribution in [2.45, 2.75) is 44.2 Å². The van der Waals surface area contributed by atoms with Gasteiger partial charge in [-0.15, -0.1) is 12.4 Å². The molecule has 0 saturated carbocycles. The minimum atomic E-state index is -3.41. The molecule has 0 aliphatic carbocycles. The predicted molar refractivity (Wildman–Crippen MR) is 81.4 cm³/mol. The molecule has 0 aromatic rings. The van der Waals surface area contributed by atoms with Gasteiger partial charge in [0.05, 0.1) is 6.61 Å². The molecule has 6 nitrogen and oxygen atoms in total. The highest BCUT2D eigenvalue weighted by Crippen LogP contribution is 2.24. The van der Waals surface area contributed by atoms with Crippen LogP contribution in [0.3, 0.4) is 0 Å². The second kappa shape index (κ2) is 7.38. The van der Waals surface area contributed by atoms with E-state index in [1.807, 2.05) is 6.92 Å². The monoisotopic (exact) mass is 327 g/mol. The summed E-state index contributed by atoms with van der Waals surface area (Å²) in [6.45, 7) is 4.78. The van der Waals surface area contributed by atoms with Crippen LogP contribution in [0.2, 0.25) is 0 Å². The number of methoxy groups -OCH3 is 1. The van der Waals surface area contributed by atoms with Gasteiger partial charge in [0.1, 0.15) is 0 Å². The van der Waals surface area contributed by atoms with E-state index in [1.54, 1.807) is 11.4 Å². The molecular weight excluding hydrogens is 302 g/mol. The zero-order valence-corrected chi connectivity index (χ0v) is 13.9. The Balaban J connectivity index is 0.00000200. The molecule has 0 amide bonds. The number of halogens is 1. The van der Waals surface area contributed by atoms with Gasteiger partial charge in [0.25, 0.3) is 10.2 Å². The summed E-state index contributed by atoms with van der Waals surface area (Å²) in [5.41, 5.74) is -0.329. The Kier molecular flexibility index (Phi) is 6.69. The standard InChI is InChI=1S/C12H25N3O3S.ClH/c1-12(5-7-13-8-6-12)14-19(16,17)15-9-3-4-11(15)10-18-2;/h11,13-14H,3-10H2,1-2H3;1H. The number of ether oxygens (including phenoxy) is 1. The molecule has 2 aliphatic rings. The quantitative estimate of drug-likeness (QED) is 0.771. The zero-order valence-electron chi connectivity index (χ0n) is 12.2. The normalized spacial score (nSPS) is 27.2. The largest absolute Gasteiger partial charge is 0.383 e. The molecule has 2 heterocycles. The Morgan fingerprint density at radius 3 is 2.65 bits per heavy atom. The first-order valence-electron chi connectivity index (χ1n) is 6.97. The minimum Gasteiger partial charge on any atom is -0.383 e. The average molecular weight is 328 g/mol. The van der Waals surface area contributed by atoms with Crippen molar-refractivity contribution in [3.63, 3.8) is 0 Å². The first-order valence-corrected chi connectivity index (χ1v) is 8.41. The summed E-state index contributed by atoms with van der Waals surface area (Å²) in [6, 6.07) is -0.0205. The van der Waals surface area contributed by atoms with E-state index in [0.29, 0.717) is 13.2 Å². The highest BCUT2D eigenvalue weighted by molar-refractivity contribution is 7.87. The fourth-order valence-electron chi connectivity index (χ4n) is 2.94. The van der Waals surface area contributed by atoms with Crippen LogP contribution in [-0.2, 0) is 14.9 Å². The van der Waals surface area contributed by atoms with Gasteiger partial charge < -0.3 is 10.1 Å². The van der Waals surface area contributed by atoms with Gasteiger partial charge in [-0.05, 0) is 45.7 Å². The third-order valence-electron chi connectivity index (χ3n) is 4.07. The van der Waals surface area contributed by atoms with Crippen LogP contribution in [0.25, 0.3) is 0 Å². The van der Waals surface area contributed by atoms with E-state index in [2.05, 4.69) is 10.0 Å². The fraction of sp³-hybridized carbons (Fsp3) is 1.00. The maximum Gasteiger partial charge on any atom is 0.280 e. The topological polar surface area (TPSA) is 70.7 Å². The van der Waals surface area contributed by atoms with E-state index in [1.165, 1.54) is 0 Å². The molecular formula is C12H26ClN3O3S. The van der Waals surface area contributed by atoms with E-state index in [0.717, 1.165) is 38.8 Å². The lowest BCUT2D eigenvalue weighted by atomic mass is 9.92. The van der Waals surface area contributed by atoms with Crippen LogP contribution in [0.5, 0.6) is 0 Å². The van der Waals surface area contributed by atoms with Crippen LogP contribution in [-0.4, -0.2) is 57.7 Å². The highest BCUT2D eigenvalue weighted by Gasteiger charge is 2.39. The Bertz CT molecular complexity index is 399. The third-order valence-corrected chi connectivity index (χ3v) is 5.92. The van der Waals surface area contributed by atoms with Gasteiger partial charge in [0.15, 0.2) is 0 Å². The summed E-state index contributed by atoms with van der Waals surface area (Å²) >= 11 is 0. The van der Waals surface area contributed by atoms with Gasteiger partial charge in [-0.3, -0.25) is 0 Å². The highest BCUT2D eigenvalue weighted by atomic mass is 35.5. The van der Waals surface area contributed by atoms with Crippen LogP contribution in [0.1, 0.15) is 32.6 Å². The van der Waals surface area contributed by atoms with Crippen molar-refractivity contribution in [3.05, 3.63) is 0 Å². The molecule has 0 spiro atoms. The second-order valence-electron chi connectivity index (χ2n) is 5.78. The summed E-state index contributed by atoms with van der Waals surface area (Å²) in [5.74, 6) is 0. The van der Waals surface area contributed by atoms with Gasteiger partial charge in [-0.2, -0.15) is 17.4 Å². The SMILES string of the molecule is COCC1CCCN1S(=O)(=O)NC1(C)CCNCC1.Cl. The molecule has 0 bridgehead atoms. The van der Waals surface area contributed by atoms with Gasteiger partial charge in [0.2, 0.25) is 0 Å². The Morgan fingerprint density at radius 2 is 2.05 bits per heavy atom. The smallest absolute Gasteiger partial charge is 0.280 e. The lowest BCUT2D eigenvalue weighted by Crippen LogP contribution is -2.57. The molecule has 1 atom stereocenters. The van der Waals surface area contributed by atoms with E-state index in [-0.39, 0.29) is 24.0 Å². The first kappa shape index (κ1) is 18.1. The van der Waals surface area contributed by atoms with Crippen LogP contribution in [0, 0.1) is 0 Å². The molecule has 2 aliphatic heterocycles. The molecule has 1 unspecified atom stereocenters. The van der Waals surface area contributed by atoms with Crippen molar-refractivity contribution < 1.29 is 13.2 Å². The molecule has 8 heteroatoms. The fourth-order valence-corrected chi connectivity index (χ4v) is 4.81. The van der Waals surface area contributed by atoms with Gasteiger partial charge in [-0.1, -0.05) is 0 Å². The molecule has 2 fully saturated rings. The molecule has 20 heavy (non-hydrogen) atoms. The summed E-state index contributed by atoms with van der Waals surface area (Å²) in [5, 5.41) is 3.26. The maximum atomic E-state index is 12.5. The minimum absolute atomic E-state index is 0. The number of piperidine rings is 1. The molecule has 0 radical (unpaired) electrons. The van der Waals surface area contributed by atoms with Crippen molar-refractivity contribution in [2.75, 3.05) is 33.4 Å². The number of hydrogen-bond donors (Lipinski definition) is 2. The number of hydrogen-bond acceptors (Lipinski definition) is 4. The van der Waals surface area contributed by atoms with Crippen molar-refractivity contribution >= 4 is 22.6 Å². The Morgan fingerprint density at radius 1 is 1.40 bits per heavy atom. The number of nitrogens with zero attached hydrogens (tertiary/aromatic N) is 1. The van der Waals surface area contributed by atoms with Crippen LogP contribution in [0.15, 0.2) is 0 Å². The second-order valence-corrected chi connectivity index (χ2v) is 7.40. The van der Waals surface area contributed by atoms with E-state index >= 15 is 0 Å². The molecule has 2 rings (SSSR count). The molecule has 120 valence electrons. The van der Waals surface area contributed by atoms with Crippen molar-refractivity contribution in [2.24, 2.45) is 0 Å². The van der Waals surface area contributed by atoms with Gasteiger partial charge in [-0.25, -0.2) is 0 Å². The summed E-state index contributed by atoms with van der Waals surface area (Å²) < 4.78 is 34.7. The summed E-state index contributed by atoms with van der Waals surface area (Å²) in [7, 11) is -1.80. The van der Waals surface area contributed by atoms with Crippen LogP contribution < -0.4 is 10.0 Å². The lowest BCUT2D eigenvalue weighted by molar-refractivity contribution is 0.147. The van der Waals surface area contributed by atoms with Gasteiger partial charge in [0, 0.05) is 25.2 Å². The van der Waals surface area contributed by atoms with E-state index < -0.39 is 10.2 Å². The van der Waals surface area contributed by atoms with E-state index in [4.69, 9.17) is 4.74 Å². The number of nitrogens with one attached hydrogen (secondary N) is 2. The zero-order chi connectivity index (χ0) is 13.9. The van der Waals surface area contributed by atoms with Crippen molar-refractivity contribution in [1.29, 1.82) is 0 Å². The van der Waals surface area contributed by atoms with Crippen molar-refractivity contribution in [3.8, 4) is 0 Å². The lowest BCUT2D eigenvalue weighted by Gasteiger charge is -2.36. The Labute approximate surface area is 128 Å². The van der Waals surface area contributed by atoms with Gasteiger partial charge >= 0.3 is 0 Å². The van der Waals surface area contributed by atoms with Crippen molar-refractivity contribution in [1.82, 2.24) is 14.3 Å². The molecule has 2 saturated heterocycles. The summed E-state index contributed by atoms with van der Waals surface area (Å²) in [6.07, 6.45) is 3.45. The van der Waals surface area contributed by atoms with Crippen LogP contribution >= 0.6 is 12.4 Å². The first-order chi connectivity index (χ1) is 8.97. The molecule has 0 aromatic carbocycles. The average Bonchev–Trinajstić information content (AvgIpc) is 2.78. The van der Waals surface area contributed by atoms with E-state index in [9.17, 15) is 8.42 Å². The Hall–Kier alpha value is 0.0800. The number of rotatable bonds is 5. The predicted octanol–water partition coefficient (Wildman–Crippen LogP) is 0.496. The molecule has 0 aromatic heterocycles. The van der Waals surface area contributed by atoms with Crippen LogP contribution in [0.4, 0.5) is 0 Å². The third kappa shape index (κ3) is 4.29. The summed E-state index contributed by atoms with van der Waals surface area (Å²) in [4.78, 5) is 0.